The Balaban J connectivity index is 1.55. The zero-order valence-electron chi connectivity index (χ0n) is 21.1. The number of ether oxygens (including phenoxy) is 2. The molecule has 0 spiro atoms. The van der Waals surface area contributed by atoms with Gasteiger partial charge in [0.1, 0.15) is 11.6 Å². The average Bonchev–Trinajstić information content (AvgIpc) is 2.90. The summed E-state index contributed by atoms with van der Waals surface area (Å²) in [5, 5.41) is 14.0. The summed E-state index contributed by atoms with van der Waals surface area (Å²) in [6.07, 6.45) is -1.05. The Kier molecular flexibility index (Phi) is 9.33. The first kappa shape index (κ1) is 28.0. The molecule has 1 heterocycles. The first-order valence-corrected chi connectivity index (χ1v) is 13.0. The molecule has 38 heavy (non-hydrogen) atoms. The van der Waals surface area contributed by atoms with Crippen molar-refractivity contribution < 1.29 is 28.2 Å². The minimum atomic E-state index is -1.32. The van der Waals surface area contributed by atoms with Crippen LogP contribution < -0.4 is 5.32 Å². The second-order valence-corrected chi connectivity index (χ2v) is 10.1. The van der Waals surface area contributed by atoms with Crippen LogP contribution in [0, 0.1) is 17.6 Å². The number of rotatable bonds is 10. The van der Waals surface area contributed by atoms with E-state index in [2.05, 4.69) is 5.32 Å². The van der Waals surface area contributed by atoms with Crippen LogP contribution in [-0.2, 0) is 21.6 Å². The Bertz CT molecular complexity index is 1240. The molecule has 2 N–H and O–H groups in total. The molecule has 1 aliphatic heterocycles. The zero-order valence-corrected chi connectivity index (χ0v) is 21.9. The highest BCUT2D eigenvalue weighted by molar-refractivity contribution is 7.80. The Morgan fingerprint density at radius 1 is 1.13 bits per heavy atom. The molecule has 3 aromatic rings. The van der Waals surface area contributed by atoms with Crippen LogP contribution >= 0.6 is 12.2 Å². The number of carbonyl (C=O) groups excluding carboxylic acids is 1. The van der Waals surface area contributed by atoms with Gasteiger partial charge >= 0.3 is 0 Å². The summed E-state index contributed by atoms with van der Waals surface area (Å²) in [5.41, 5.74) is 0.313. The second-order valence-electron chi connectivity index (χ2n) is 9.63. The summed E-state index contributed by atoms with van der Waals surface area (Å²) >= 11 is 5.55. The molecule has 1 aliphatic rings. The number of nitrogens with one attached hydrogen (secondary N) is 1. The van der Waals surface area contributed by atoms with Crippen LogP contribution in [0.25, 0.3) is 0 Å². The summed E-state index contributed by atoms with van der Waals surface area (Å²) in [6, 6.07) is 21.7. The smallest absolute Gasteiger partial charge is 0.169 e. The normalized spacial score (nSPS) is 22.0. The number of halogens is 2. The third-order valence-corrected chi connectivity index (χ3v) is 7.13. The number of carbonyl (C=O) groups is 1. The van der Waals surface area contributed by atoms with E-state index in [1.807, 2.05) is 36.4 Å². The van der Waals surface area contributed by atoms with Crippen LogP contribution in [0.15, 0.2) is 78.9 Å². The molecule has 0 saturated carbocycles. The number of ketones is 1. The number of aliphatic hydroxyl groups excluding tert-OH is 1. The lowest BCUT2D eigenvalue weighted by molar-refractivity contribution is -0.124. The molecule has 4 atom stereocenters. The van der Waals surface area contributed by atoms with Crippen LogP contribution in [0.3, 0.4) is 0 Å². The molecular formula is C30H31F2NO4S. The molecule has 8 heteroatoms. The number of hydrogen-bond donors (Lipinski definition) is 2. The first-order chi connectivity index (χ1) is 18.3. The molecule has 1 fully saturated rings. The van der Waals surface area contributed by atoms with Gasteiger partial charge in [0.15, 0.2) is 5.78 Å². The molecule has 4 rings (SSSR count). The highest BCUT2D eigenvalue weighted by Crippen LogP contribution is 2.41. The van der Waals surface area contributed by atoms with Crippen molar-refractivity contribution in [3.63, 3.8) is 0 Å². The van der Waals surface area contributed by atoms with Gasteiger partial charge in [0.05, 0.1) is 49.0 Å². The van der Waals surface area contributed by atoms with Gasteiger partial charge in [-0.2, -0.15) is 0 Å². The fourth-order valence-electron chi connectivity index (χ4n) is 5.01. The number of aliphatic hydroxyl groups is 1. The standard InChI is InChI=1S/C30H31F2NO4S/c1-20(34)26-15-24(18-36-17-21-8-4-2-5-9-21)37-19-30(26,25-13-12-23(31)14-27(25)32)33-29(38)16-28(35)22-10-6-3-7-11-22/h2-14,20,24,26,34H,15-19H2,1H3,(H,33,38)/t20-,24+,26-,30+/m0/s1. The van der Waals surface area contributed by atoms with E-state index in [9.17, 15) is 14.3 Å². The minimum Gasteiger partial charge on any atom is -0.393 e. The molecule has 0 aliphatic carbocycles. The average molecular weight is 540 g/mol. The lowest BCUT2D eigenvalue weighted by atomic mass is 9.71. The number of thiocarbonyl (C=S) groups is 1. The van der Waals surface area contributed by atoms with E-state index in [0.29, 0.717) is 18.6 Å². The predicted molar refractivity (Wildman–Crippen MR) is 145 cm³/mol. The Morgan fingerprint density at radius 3 is 2.47 bits per heavy atom. The highest BCUT2D eigenvalue weighted by atomic mass is 32.1. The van der Waals surface area contributed by atoms with Gasteiger partial charge in [-0.1, -0.05) is 78.9 Å². The summed E-state index contributed by atoms with van der Waals surface area (Å²) < 4.78 is 41.1. The molecule has 3 aromatic carbocycles. The maximum Gasteiger partial charge on any atom is 0.169 e. The molecule has 0 bridgehead atoms. The van der Waals surface area contributed by atoms with Gasteiger partial charge in [0.25, 0.3) is 0 Å². The summed E-state index contributed by atoms with van der Waals surface area (Å²) in [6.45, 7) is 2.23. The van der Waals surface area contributed by atoms with E-state index in [4.69, 9.17) is 21.7 Å². The minimum absolute atomic E-state index is 0.0653. The molecule has 5 nitrogen and oxygen atoms in total. The van der Waals surface area contributed by atoms with E-state index in [0.717, 1.165) is 17.7 Å². The van der Waals surface area contributed by atoms with Crippen LogP contribution in [0.1, 0.15) is 41.3 Å². The number of benzene rings is 3. The molecule has 200 valence electrons. The summed E-state index contributed by atoms with van der Waals surface area (Å²) in [4.78, 5) is 13.0. The van der Waals surface area contributed by atoms with Crippen LogP contribution in [0.4, 0.5) is 8.78 Å². The van der Waals surface area contributed by atoms with E-state index >= 15 is 4.39 Å². The number of hydrogen-bond acceptors (Lipinski definition) is 5. The van der Waals surface area contributed by atoms with Gasteiger partial charge < -0.3 is 19.9 Å². The van der Waals surface area contributed by atoms with Crippen molar-refractivity contribution in [2.75, 3.05) is 13.2 Å². The quantitative estimate of drug-likeness (QED) is 0.267. The van der Waals surface area contributed by atoms with E-state index in [-0.39, 0.29) is 42.1 Å². The van der Waals surface area contributed by atoms with Gasteiger partial charge in [0.2, 0.25) is 0 Å². The van der Waals surface area contributed by atoms with Crippen molar-refractivity contribution >= 4 is 23.0 Å². The van der Waals surface area contributed by atoms with Gasteiger partial charge in [0, 0.05) is 23.1 Å². The van der Waals surface area contributed by atoms with Crippen LogP contribution in [0.5, 0.6) is 0 Å². The third-order valence-electron chi connectivity index (χ3n) is 6.89. The van der Waals surface area contributed by atoms with E-state index in [1.54, 1.807) is 31.2 Å². The first-order valence-electron chi connectivity index (χ1n) is 12.5. The topological polar surface area (TPSA) is 67.8 Å². The zero-order chi connectivity index (χ0) is 27.1. The fourth-order valence-corrected chi connectivity index (χ4v) is 5.32. The lowest BCUT2D eigenvalue weighted by Gasteiger charge is -2.49. The van der Waals surface area contributed by atoms with Crippen molar-refractivity contribution in [2.24, 2.45) is 5.92 Å². The molecule has 1 saturated heterocycles. The maximum absolute atomic E-state index is 15.2. The summed E-state index contributed by atoms with van der Waals surface area (Å²) in [5.74, 6) is -2.29. The van der Waals surface area contributed by atoms with E-state index in [1.165, 1.54) is 6.07 Å². The van der Waals surface area contributed by atoms with Crippen molar-refractivity contribution in [1.82, 2.24) is 5.32 Å². The largest absolute Gasteiger partial charge is 0.393 e. The maximum atomic E-state index is 15.2. The van der Waals surface area contributed by atoms with Gasteiger partial charge in [-0.15, -0.1) is 0 Å². The summed E-state index contributed by atoms with van der Waals surface area (Å²) in [7, 11) is 0. The lowest BCUT2D eigenvalue weighted by Crippen LogP contribution is -2.61. The highest BCUT2D eigenvalue weighted by Gasteiger charge is 2.49. The van der Waals surface area contributed by atoms with Crippen LogP contribution in [0.2, 0.25) is 0 Å². The Hall–Kier alpha value is -3.04. The molecular weight excluding hydrogens is 508 g/mol. The third kappa shape index (κ3) is 6.69. The molecule has 0 amide bonds. The van der Waals surface area contributed by atoms with Crippen molar-refractivity contribution in [3.8, 4) is 0 Å². The monoisotopic (exact) mass is 539 g/mol. The van der Waals surface area contributed by atoms with Gasteiger partial charge in [-0.25, -0.2) is 8.78 Å². The van der Waals surface area contributed by atoms with Gasteiger partial charge in [-0.3, -0.25) is 4.79 Å². The van der Waals surface area contributed by atoms with Crippen molar-refractivity contribution in [2.45, 2.75) is 44.1 Å². The van der Waals surface area contributed by atoms with Crippen molar-refractivity contribution in [1.29, 1.82) is 0 Å². The SMILES string of the molecule is C[C@H](O)[C@@H]1C[C@H](COCc2ccccc2)OC[C@@]1(NC(=S)CC(=O)c1ccccc1)c1ccc(F)cc1F. The predicted octanol–water partition coefficient (Wildman–Crippen LogP) is 5.35. The Morgan fingerprint density at radius 2 is 1.82 bits per heavy atom. The molecule has 0 aromatic heterocycles. The van der Waals surface area contributed by atoms with Crippen molar-refractivity contribution in [3.05, 3.63) is 107 Å². The second kappa shape index (κ2) is 12.7. The number of Topliss-reactive ketones (excluding diaryl/α,β-unsaturated/α-hetero) is 1. The van der Waals surface area contributed by atoms with Crippen LogP contribution in [-0.4, -0.2) is 41.3 Å². The Labute approximate surface area is 226 Å². The fraction of sp³-hybridized carbons (Fsp3) is 0.333. The van der Waals surface area contributed by atoms with E-state index < -0.39 is 29.2 Å². The van der Waals surface area contributed by atoms with Gasteiger partial charge in [-0.05, 0) is 25.0 Å². The molecule has 0 radical (unpaired) electrons. The molecule has 0 unspecified atom stereocenters.